The second-order valence-electron chi connectivity index (χ2n) is 3.72. The van der Waals surface area contributed by atoms with Crippen LogP contribution in [0.5, 0.6) is 11.6 Å². The largest absolute Gasteiger partial charge is 0.439 e. The fourth-order valence-corrected chi connectivity index (χ4v) is 1.90. The third kappa shape index (κ3) is 2.92. The van der Waals surface area contributed by atoms with Crippen molar-refractivity contribution in [2.75, 3.05) is 0 Å². The smallest absolute Gasteiger partial charge is 0.222 e. The first-order valence-electron chi connectivity index (χ1n) is 5.14. The van der Waals surface area contributed by atoms with Crippen molar-refractivity contribution in [3.63, 3.8) is 0 Å². The molecule has 1 heterocycles. The first-order valence-corrected chi connectivity index (χ1v) is 5.93. The summed E-state index contributed by atoms with van der Waals surface area (Å²) in [6.45, 7) is 1.77. The van der Waals surface area contributed by atoms with Crippen molar-refractivity contribution in [2.45, 2.75) is 6.92 Å². The van der Waals surface area contributed by atoms with Gasteiger partial charge in [0.25, 0.3) is 0 Å². The molecule has 0 fully saturated rings. The van der Waals surface area contributed by atoms with E-state index in [9.17, 15) is 9.18 Å². The van der Waals surface area contributed by atoms with E-state index in [0.717, 1.165) is 0 Å². The van der Waals surface area contributed by atoms with E-state index in [-0.39, 0.29) is 0 Å². The Labute approximate surface area is 112 Å². The van der Waals surface area contributed by atoms with E-state index in [1.165, 1.54) is 18.3 Å². The van der Waals surface area contributed by atoms with Gasteiger partial charge in [-0.3, -0.25) is 4.79 Å². The number of aldehydes is 1. The Hall–Kier alpha value is -1.75. The Kier molecular flexibility index (Phi) is 3.72. The SMILES string of the molecule is Cc1cc(C=O)cnc1Oc1cc(F)cc(Br)c1. The summed E-state index contributed by atoms with van der Waals surface area (Å²) in [5, 5.41) is 0. The zero-order valence-electron chi connectivity index (χ0n) is 9.48. The summed E-state index contributed by atoms with van der Waals surface area (Å²) < 4.78 is 19.2. The van der Waals surface area contributed by atoms with Crippen molar-refractivity contribution in [3.8, 4) is 11.6 Å². The Morgan fingerprint density at radius 2 is 2.11 bits per heavy atom. The third-order valence-corrected chi connectivity index (χ3v) is 2.70. The highest BCUT2D eigenvalue weighted by atomic mass is 79.9. The maximum Gasteiger partial charge on any atom is 0.222 e. The number of carbonyl (C=O) groups is 1. The maximum absolute atomic E-state index is 13.2. The monoisotopic (exact) mass is 309 g/mol. The van der Waals surface area contributed by atoms with E-state index in [1.54, 1.807) is 19.1 Å². The fraction of sp³-hybridized carbons (Fsp3) is 0.0769. The van der Waals surface area contributed by atoms with E-state index in [1.807, 2.05) is 0 Å². The minimum absolute atomic E-state index is 0.344. The molecule has 18 heavy (non-hydrogen) atoms. The molecule has 0 saturated heterocycles. The van der Waals surface area contributed by atoms with Crippen molar-refractivity contribution in [1.82, 2.24) is 4.98 Å². The number of hydrogen-bond donors (Lipinski definition) is 0. The summed E-state index contributed by atoms with van der Waals surface area (Å²) in [6.07, 6.45) is 2.12. The molecule has 0 atom stereocenters. The molecular weight excluding hydrogens is 301 g/mol. The zero-order valence-corrected chi connectivity index (χ0v) is 11.1. The number of carbonyl (C=O) groups excluding carboxylic acids is 1. The normalized spacial score (nSPS) is 10.2. The highest BCUT2D eigenvalue weighted by molar-refractivity contribution is 9.10. The summed E-state index contributed by atoms with van der Waals surface area (Å²) in [5.74, 6) is 0.288. The van der Waals surface area contributed by atoms with Gasteiger partial charge in [0.15, 0.2) is 6.29 Å². The molecule has 3 nitrogen and oxygen atoms in total. The number of halogens is 2. The Bertz CT molecular complexity index is 581. The van der Waals surface area contributed by atoms with Gasteiger partial charge in [0.05, 0.1) is 0 Å². The number of nitrogens with zero attached hydrogens (tertiary/aromatic N) is 1. The lowest BCUT2D eigenvalue weighted by Crippen LogP contribution is -1.94. The first-order chi connectivity index (χ1) is 8.58. The van der Waals surface area contributed by atoms with Crippen LogP contribution in [-0.2, 0) is 0 Å². The predicted octanol–water partition coefficient (Wildman–Crippen LogP) is 3.90. The highest BCUT2D eigenvalue weighted by Crippen LogP contribution is 2.26. The predicted molar refractivity (Wildman–Crippen MR) is 68.5 cm³/mol. The van der Waals surface area contributed by atoms with Crippen LogP contribution >= 0.6 is 15.9 Å². The summed E-state index contributed by atoms with van der Waals surface area (Å²) >= 11 is 3.18. The Morgan fingerprint density at radius 1 is 1.33 bits per heavy atom. The number of rotatable bonds is 3. The molecule has 0 saturated carbocycles. The Morgan fingerprint density at radius 3 is 2.72 bits per heavy atom. The number of hydrogen-bond acceptors (Lipinski definition) is 3. The van der Waals surface area contributed by atoms with Crippen LogP contribution in [-0.4, -0.2) is 11.3 Å². The van der Waals surface area contributed by atoms with E-state index in [4.69, 9.17) is 4.74 Å². The van der Waals surface area contributed by atoms with Crippen molar-refractivity contribution in [3.05, 3.63) is 51.9 Å². The highest BCUT2D eigenvalue weighted by Gasteiger charge is 2.06. The van der Waals surface area contributed by atoms with E-state index in [0.29, 0.717) is 33.5 Å². The molecule has 92 valence electrons. The first kappa shape index (κ1) is 12.7. The molecule has 0 unspecified atom stereocenters. The number of aromatic nitrogens is 1. The molecule has 2 aromatic rings. The molecule has 0 spiro atoms. The summed E-state index contributed by atoms with van der Waals surface area (Å²) in [7, 11) is 0. The lowest BCUT2D eigenvalue weighted by molar-refractivity contribution is 0.112. The van der Waals surface area contributed by atoms with Gasteiger partial charge in [-0.25, -0.2) is 9.37 Å². The molecule has 0 aliphatic heterocycles. The third-order valence-electron chi connectivity index (χ3n) is 2.24. The van der Waals surface area contributed by atoms with Gasteiger partial charge in [-0.2, -0.15) is 0 Å². The van der Waals surface area contributed by atoms with Gasteiger partial charge in [-0.1, -0.05) is 15.9 Å². The average molecular weight is 310 g/mol. The van der Waals surface area contributed by atoms with Crippen molar-refractivity contribution in [2.24, 2.45) is 0 Å². The molecule has 5 heteroatoms. The molecule has 1 aromatic heterocycles. The molecular formula is C13H9BrFNO2. The van der Waals surface area contributed by atoms with E-state index >= 15 is 0 Å². The van der Waals surface area contributed by atoms with Gasteiger partial charge >= 0.3 is 0 Å². The maximum atomic E-state index is 13.2. The zero-order chi connectivity index (χ0) is 13.1. The number of pyridine rings is 1. The van der Waals surface area contributed by atoms with Crippen LogP contribution in [0, 0.1) is 12.7 Å². The quantitative estimate of drug-likeness (QED) is 0.807. The Balaban J connectivity index is 2.31. The molecule has 1 aromatic carbocycles. The van der Waals surface area contributed by atoms with Crippen molar-refractivity contribution in [1.29, 1.82) is 0 Å². The van der Waals surface area contributed by atoms with Crippen LogP contribution in [0.15, 0.2) is 34.9 Å². The lowest BCUT2D eigenvalue weighted by atomic mass is 10.2. The topological polar surface area (TPSA) is 39.2 Å². The van der Waals surface area contributed by atoms with Gasteiger partial charge in [-0.15, -0.1) is 0 Å². The molecule has 0 bridgehead atoms. The van der Waals surface area contributed by atoms with E-state index < -0.39 is 5.82 Å². The van der Waals surface area contributed by atoms with Gasteiger partial charge in [0, 0.05) is 27.9 Å². The van der Waals surface area contributed by atoms with Crippen LogP contribution in [0.3, 0.4) is 0 Å². The lowest BCUT2D eigenvalue weighted by Gasteiger charge is -2.08. The fourth-order valence-electron chi connectivity index (χ4n) is 1.45. The van der Waals surface area contributed by atoms with Crippen LogP contribution in [0.2, 0.25) is 0 Å². The van der Waals surface area contributed by atoms with Gasteiger partial charge in [0.1, 0.15) is 11.6 Å². The summed E-state index contributed by atoms with van der Waals surface area (Å²) in [6, 6.07) is 5.89. The minimum Gasteiger partial charge on any atom is -0.439 e. The van der Waals surface area contributed by atoms with Gasteiger partial charge in [-0.05, 0) is 25.1 Å². The standard InChI is InChI=1S/C13H9BrFNO2/c1-8-2-9(7-17)6-16-13(8)18-12-4-10(14)3-11(15)5-12/h2-7H,1H3. The number of benzene rings is 1. The second kappa shape index (κ2) is 5.27. The molecule has 0 radical (unpaired) electrons. The number of aryl methyl sites for hydroxylation is 1. The van der Waals surface area contributed by atoms with Gasteiger partial charge in [0.2, 0.25) is 5.88 Å². The molecule has 2 rings (SSSR count). The molecule has 0 aliphatic rings. The van der Waals surface area contributed by atoms with Crippen molar-refractivity contribution >= 4 is 22.2 Å². The molecule has 0 N–H and O–H groups in total. The minimum atomic E-state index is -0.401. The molecule has 0 amide bonds. The van der Waals surface area contributed by atoms with E-state index in [2.05, 4.69) is 20.9 Å². The van der Waals surface area contributed by atoms with Crippen LogP contribution in [0.25, 0.3) is 0 Å². The summed E-state index contributed by atoms with van der Waals surface area (Å²) in [4.78, 5) is 14.6. The van der Waals surface area contributed by atoms with Crippen LogP contribution in [0.4, 0.5) is 4.39 Å². The van der Waals surface area contributed by atoms with Crippen LogP contribution < -0.4 is 4.74 Å². The number of ether oxygens (including phenoxy) is 1. The van der Waals surface area contributed by atoms with Crippen molar-refractivity contribution < 1.29 is 13.9 Å². The van der Waals surface area contributed by atoms with Crippen LogP contribution in [0.1, 0.15) is 15.9 Å². The average Bonchev–Trinajstić information content (AvgIpc) is 2.30. The summed E-state index contributed by atoms with van der Waals surface area (Å²) in [5.41, 5.74) is 1.18. The molecule has 0 aliphatic carbocycles. The van der Waals surface area contributed by atoms with Gasteiger partial charge < -0.3 is 4.74 Å². The second-order valence-corrected chi connectivity index (χ2v) is 4.63.